The van der Waals surface area contributed by atoms with Gasteiger partial charge in [-0.05, 0) is 42.5 Å². The number of thioether (sulfide) groups is 2. The predicted octanol–water partition coefficient (Wildman–Crippen LogP) is 6.04. The van der Waals surface area contributed by atoms with Gasteiger partial charge in [0.25, 0.3) is 11.8 Å². The molecule has 0 aromatic heterocycles. The number of para-hydroxylation sites is 1. The second kappa shape index (κ2) is 9.37. The molecule has 0 fully saturated rings. The largest absolute Gasteiger partial charge is 0.326 e. The lowest BCUT2D eigenvalue weighted by Gasteiger charge is -2.40. The Hall–Kier alpha value is -3.75. The van der Waals surface area contributed by atoms with E-state index in [4.69, 9.17) is 0 Å². The Kier molecular flexibility index (Phi) is 5.91. The van der Waals surface area contributed by atoms with Crippen LogP contribution in [0.15, 0.2) is 107 Å². The molecule has 0 saturated heterocycles. The number of hydrogen-bond acceptors (Lipinski definition) is 5. The lowest BCUT2D eigenvalue weighted by atomic mass is 10.1. The highest BCUT2D eigenvalue weighted by molar-refractivity contribution is 8.00. The lowest BCUT2D eigenvalue weighted by molar-refractivity contribution is 0.0684. The standard InChI is InChI=1S/C28H21N3O3S2/c32-26-20-10-1-2-11-21(20)27(33)30(26)17-35-19-9-7-8-18(16-19)29-28(34)31-22-12-3-5-14-24(22)36-25-15-6-4-13-23(25)31/h1-16,22,24H,17H2,(H,29,34). The Labute approximate surface area is 217 Å². The monoisotopic (exact) mass is 511 g/mol. The SMILES string of the molecule is O=C1c2ccccc2C(=O)N1CSc1cccc(NC(=O)N2c3ccccc3SC3C=CC=CC32)c1. The molecule has 36 heavy (non-hydrogen) atoms. The van der Waals surface area contributed by atoms with Crippen LogP contribution < -0.4 is 10.2 Å². The van der Waals surface area contributed by atoms with Crippen molar-refractivity contribution in [1.29, 1.82) is 0 Å². The van der Waals surface area contributed by atoms with Crippen LogP contribution >= 0.6 is 23.5 Å². The van der Waals surface area contributed by atoms with E-state index < -0.39 is 0 Å². The summed E-state index contributed by atoms with van der Waals surface area (Å²) >= 11 is 3.14. The number of benzene rings is 3. The number of urea groups is 1. The molecule has 0 radical (unpaired) electrons. The number of carbonyl (C=O) groups excluding carboxylic acids is 3. The minimum absolute atomic E-state index is 0.0821. The van der Waals surface area contributed by atoms with Crippen molar-refractivity contribution in [3.05, 3.63) is 108 Å². The van der Waals surface area contributed by atoms with Gasteiger partial charge in [-0.15, -0.1) is 23.5 Å². The molecule has 0 saturated carbocycles. The van der Waals surface area contributed by atoms with E-state index in [2.05, 4.69) is 17.5 Å². The molecule has 2 atom stereocenters. The molecule has 0 spiro atoms. The Bertz CT molecular complexity index is 1420. The van der Waals surface area contributed by atoms with Crippen molar-refractivity contribution in [2.75, 3.05) is 16.1 Å². The maximum absolute atomic E-state index is 13.5. The van der Waals surface area contributed by atoms with Crippen LogP contribution in [0, 0.1) is 0 Å². The quantitative estimate of drug-likeness (QED) is 0.342. The second-order valence-electron chi connectivity index (χ2n) is 8.50. The Balaban J connectivity index is 1.18. The average Bonchev–Trinajstić information content (AvgIpc) is 3.15. The molecule has 8 heteroatoms. The molecule has 1 aliphatic carbocycles. The maximum Gasteiger partial charge on any atom is 0.326 e. The van der Waals surface area contributed by atoms with Crippen LogP contribution in [0.1, 0.15) is 20.7 Å². The van der Waals surface area contributed by atoms with Crippen molar-refractivity contribution >= 4 is 52.7 Å². The van der Waals surface area contributed by atoms with Crippen molar-refractivity contribution in [2.45, 2.75) is 21.1 Å². The number of fused-ring (bicyclic) bond motifs is 3. The van der Waals surface area contributed by atoms with Crippen LogP contribution in [0.4, 0.5) is 16.2 Å². The third kappa shape index (κ3) is 4.02. The van der Waals surface area contributed by atoms with Crippen molar-refractivity contribution in [3.63, 3.8) is 0 Å². The second-order valence-corrected chi connectivity index (χ2v) is 10.7. The summed E-state index contributed by atoms with van der Waals surface area (Å²) in [6.07, 6.45) is 8.18. The molecule has 3 aliphatic rings. The van der Waals surface area contributed by atoms with Gasteiger partial charge in [-0.3, -0.25) is 19.4 Å². The maximum atomic E-state index is 13.5. The van der Waals surface area contributed by atoms with E-state index in [1.54, 1.807) is 36.0 Å². The van der Waals surface area contributed by atoms with Crippen LogP contribution in [0.2, 0.25) is 0 Å². The average molecular weight is 512 g/mol. The molecule has 2 aliphatic heterocycles. The molecule has 3 aromatic carbocycles. The van der Waals surface area contributed by atoms with Gasteiger partial charge in [0.05, 0.1) is 34.0 Å². The first-order valence-corrected chi connectivity index (χ1v) is 13.4. The summed E-state index contributed by atoms with van der Waals surface area (Å²) in [6, 6.07) is 22.0. The van der Waals surface area contributed by atoms with Crippen molar-refractivity contribution in [1.82, 2.24) is 4.90 Å². The fourth-order valence-corrected chi connectivity index (χ4v) is 6.72. The van der Waals surface area contributed by atoms with Gasteiger partial charge < -0.3 is 5.32 Å². The summed E-state index contributed by atoms with van der Waals surface area (Å²) in [5, 5.41) is 3.19. The van der Waals surface area contributed by atoms with Gasteiger partial charge in [0.2, 0.25) is 0 Å². The predicted molar refractivity (Wildman–Crippen MR) is 144 cm³/mol. The summed E-state index contributed by atoms with van der Waals surface area (Å²) < 4.78 is 0. The topological polar surface area (TPSA) is 69.7 Å². The Morgan fingerprint density at radius 2 is 1.61 bits per heavy atom. The van der Waals surface area contributed by atoms with E-state index in [1.807, 2.05) is 65.6 Å². The summed E-state index contributed by atoms with van der Waals surface area (Å²) in [5.74, 6) is -0.363. The van der Waals surface area contributed by atoms with E-state index in [1.165, 1.54) is 16.7 Å². The third-order valence-corrected chi connectivity index (χ3v) is 8.57. The van der Waals surface area contributed by atoms with Crippen LogP contribution in [0.5, 0.6) is 0 Å². The van der Waals surface area contributed by atoms with Gasteiger partial charge in [0, 0.05) is 15.5 Å². The number of carbonyl (C=O) groups is 3. The summed E-state index contributed by atoms with van der Waals surface area (Å²) in [6.45, 7) is 0. The van der Waals surface area contributed by atoms with E-state index in [0.29, 0.717) is 16.8 Å². The fraction of sp³-hybridized carbons (Fsp3) is 0.107. The van der Waals surface area contributed by atoms with Gasteiger partial charge in [-0.25, -0.2) is 4.79 Å². The number of nitrogens with one attached hydrogen (secondary N) is 1. The molecular weight excluding hydrogens is 490 g/mol. The number of allylic oxidation sites excluding steroid dienone is 2. The first-order chi connectivity index (χ1) is 17.6. The molecule has 178 valence electrons. The van der Waals surface area contributed by atoms with E-state index in [9.17, 15) is 14.4 Å². The van der Waals surface area contributed by atoms with Gasteiger partial charge in [0.1, 0.15) is 0 Å². The smallest absolute Gasteiger partial charge is 0.307 e. The minimum Gasteiger partial charge on any atom is -0.307 e. The Morgan fingerprint density at radius 3 is 2.42 bits per heavy atom. The third-order valence-electron chi connectivity index (χ3n) is 6.29. The summed E-state index contributed by atoms with van der Waals surface area (Å²) in [5.41, 5.74) is 2.41. The zero-order chi connectivity index (χ0) is 24.6. The highest BCUT2D eigenvalue weighted by Gasteiger charge is 2.37. The molecule has 4 amide bonds. The highest BCUT2D eigenvalue weighted by atomic mass is 32.2. The molecule has 0 bridgehead atoms. The van der Waals surface area contributed by atoms with Gasteiger partial charge in [0.15, 0.2) is 0 Å². The number of anilines is 2. The molecular formula is C28H21N3O3S2. The van der Waals surface area contributed by atoms with Crippen LogP contribution in [-0.2, 0) is 0 Å². The van der Waals surface area contributed by atoms with E-state index >= 15 is 0 Å². The van der Waals surface area contributed by atoms with Crippen molar-refractivity contribution in [2.24, 2.45) is 0 Å². The summed E-state index contributed by atoms with van der Waals surface area (Å²) in [7, 11) is 0. The number of rotatable bonds is 4. The number of nitrogens with zero attached hydrogens (tertiary/aromatic N) is 2. The molecule has 2 heterocycles. The number of hydrogen-bond donors (Lipinski definition) is 1. The van der Waals surface area contributed by atoms with Gasteiger partial charge in [-0.2, -0.15) is 0 Å². The zero-order valence-corrected chi connectivity index (χ0v) is 20.7. The molecule has 2 unspecified atom stereocenters. The molecule has 1 N–H and O–H groups in total. The summed E-state index contributed by atoms with van der Waals surface area (Å²) in [4.78, 5) is 43.8. The molecule has 6 rings (SSSR count). The molecule has 6 nitrogen and oxygen atoms in total. The highest BCUT2D eigenvalue weighted by Crippen LogP contribution is 2.43. The lowest BCUT2D eigenvalue weighted by Crippen LogP contribution is -2.49. The van der Waals surface area contributed by atoms with Crippen LogP contribution in [-0.4, -0.2) is 39.9 Å². The van der Waals surface area contributed by atoms with Crippen molar-refractivity contribution < 1.29 is 14.4 Å². The minimum atomic E-state index is -0.279. The number of amides is 4. The molecule has 3 aromatic rings. The van der Waals surface area contributed by atoms with Crippen LogP contribution in [0.3, 0.4) is 0 Å². The zero-order valence-electron chi connectivity index (χ0n) is 19.0. The number of imide groups is 1. The van der Waals surface area contributed by atoms with Crippen LogP contribution in [0.25, 0.3) is 0 Å². The van der Waals surface area contributed by atoms with E-state index in [0.717, 1.165) is 15.5 Å². The first kappa shape index (κ1) is 22.7. The first-order valence-electron chi connectivity index (χ1n) is 11.5. The van der Waals surface area contributed by atoms with E-state index in [-0.39, 0.29) is 35.0 Å². The Morgan fingerprint density at radius 1 is 0.889 bits per heavy atom. The van der Waals surface area contributed by atoms with Crippen molar-refractivity contribution in [3.8, 4) is 0 Å². The fourth-order valence-electron chi connectivity index (χ4n) is 4.57. The van der Waals surface area contributed by atoms with Gasteiger partial charge in [-0.1, -0.05) is 54.6 Å². The normalized spacial score (nSPS) is 19.7. The van der Waals surface area contributed by atoms with Gasteiger partial charge >= 0.3 is 6.03 Å².